The van der Waals surface area contributed by atoms with Gasteiger partial charge >= 0.3 is 0 Å². The Labute approximate surface area is 151 Å². The number of aromatic nitrogens is 1. The van der Waals surface area contributed by atoms with Gasteiger partial charge in [0, 0.05) is 31.1 Å². The Morgan fingerprint density at radius 2 is 1.96 bits per heavy atom. The number of hydrogen-bond acceptors (Lipinski definition) is 6. The van der Waals surface area contributed by atoms with Gasteiger partial charge in [-0.3, -0.25) is 4.79 Å². The molecule has 0 bridgehead atoms. The van der Waals surface area contributed by atoms with Gasteiger partial charge in [-0.05, 0) is 30.3 Å². The zero-order valence-electron chi connectivity index (χ0n) is 14.2. The van der Waals surface area contributed by atoms with E-state index in [0.29, 0.717) is 28.5 Å². The van der Waals surface area contributed by atoms with Crippen LogP contribution in [-0.4, -0.2) is 25.6 Å². The van der Waals surface area contributed by atoms with Gasteiger partial charge in [0.15, 0.2) is 9.84 Å². The minimum absolute atomic E-state index is 0.207. The van der Waals surface area contributed by atoms with Gasteiger partial charge in [0.05, 0.1) is 22.4 Å². The molecule has 0 saturated carbocycles. The molecule has 2 aromatic heterocycles. The Kier molecular flexibility index (Phi) is 4.77. The number of rotatable bonds is 5. The lowest BCUT2D eigenvalue weighted by Crippen LogP contribution is -2.08. The number of anilines is 3. The third-order valence-electron chi connectivity index (χ3n) is 3.54. The lowest BCUT2D eigenvalue weighted by atomic mass is 10.1. The van der Waals surface area contributed by atoms with E-state index >= 15 is 0 Å². The number of nitrogens with one attached hydrogen (secondary N) is 2. The molecule has 0 atom stereocenters. The monoisotopic (exact) mass is 371 g/mol. The summed E-state index contributed by atoms with van der Waals surface area (Å²) in [7, 11) is -3.32. The van der Waals surface area contributed by atoms with Crippen molar-refractivity contribution in [1.82, 2.24) is 4.98 Å². The van der Waals surface area contributed by atoms with E-state index in [1.165, 1.54) is 13.0 Å². The van der Waals surface area contributed by atoms with E-state index in [-0.39, 0.29) is 10.8 Å². The largest absolute Gasteiger partial charge is 0.464 e. The summed E-state index contributed by atoms with van der Waals surface area (Å²) in [6.45, 7) is 1.39. The molecule has 0 saturated heterocycles. The molecular formula is C18H17N3O4S. The maximum Gasteiger partial charge on any atom is 0.222 e. The van der Waals surface area contributed by atoms with Crippen LogP contribution in [0.3, 0.4) is 0 Å². The molecule has 0 aliphatic carbocycles. The molecule has 0 unspecified atom stereocenters. The molecular weight excluding hydrogens is 354 g/mol. The lowest BCUT2D eigenvalue weighted by molar-refractivity contribution is -0.114. The molecule has 0 aliphatic rings. The summed E-state index contributed by atoms with van der Waals surface area (Å²) in [5.74, 6) is 0.719. The van der Waals surface area contributed by atoms with Gasteiger partial charge in [0.25, 0.3) is 0 Å². The van der Waals surface area contributed by atoms with Gasteiger partial charge in [0.1, 0.15) is 11.6 Å². The number of sulfone groups is 1. The molecule has 134 valence electrons. The SMILES string of the molecule is CC(=O)Nc1cc(Nc2cccc(S(C)(=O)=O)c2)c(-c2ccco2)cn1. The molecule has 1 amide bonds. The molecule has 1 aromatic carbocycles. The van der Waals surface area contributed by atoms with Crippen LogP contribution in [0.25, 0.3) is 11.3 Å². The third kappa shape index (κ3) is 4.09. The molecule has 26 heavy (non-hydrogen) atoms. The minimum Gasteiger partial charge on any atom is -0.464 e. The number of carbonyl (C=O) groups is 1. The molecule has 3 aromatic rings. The highest BCUT2D eigenvalue weighted by atomic mass is 32.2. The highest BCUT2D eigenvalue weighted by Crippen LogP contribution is 2.32. The summed E-state index contributed by atoms with van der Waals surface area (Å²) in [5, 5.41) is 5.79. The number of furan rings is 1. The van der Waals surface area contributed by atoms with E-state index in [1.807, 2.05) is 0 Å². The smallest absolute Gasteiger partial charge is 0.222 e. The van der Waals surface area contributed by atoms with Crippen molar-refractivity contribution in [2.24, 2.45) is 0 Å². The average molecular weight is 371 g/mol. The predicted molar refractivity (Wildman–Crippen MR) is 99.1 cm³/mol. The number of hydrogen-bond donors (Lipinski definition) is 2. The standard InChI is InChI=1S/C18H17N3O4S/c1-12(22)20-18-10-16(15(11-19-18)17-7-4-8-25-17)21-13-5-3-6-14(9-13)26(2,23)24/h3-11H,1-2H3,(H2,19,20,21,22). The Morgan fingerprint density at radius 3 is 2.62 bits per heavy atom. The Morgan fingerprint density at radius 1 is 1.15 bits per heavy atom. The second kappa shape index (κ2) is 7.01. The van der Waals surface area contributed by atoms with E-state index in [9.17, 15) is 13.2 Å². The highest BCUT2D eigenvalue weighted by molar-refractivity contribution is 7.90. The molecule has 2 heterocycles. The molecule has 0 aliphatic heterocycles. The van der Waals surface area contributed by atoms with Crippen LogP contribution in [0.5, 0.6) is 0 Å². The number of nitrogens with zero attached hydrogens (tertiary/aromatic N) is 1. The van der Waals surface area contributed by atoms with E-state index in [1.54, 1.807) is 48.9 Å². The van der Waals surface area contributed by atoms with Crippen LogP contribution in [0.15, 0.2) is 64.2 Å². The summed E-state index contributed by atoms with van der Waals surface area (Å²) in [4.78, 5) is 15.7. The molecule has 0 radical (unpaired) electrons. The van der Waals surface area contributed by atoms with Crippen molar-refractivity contribution in [1.29, 1.82) is 0 Å². The Bertz CT molecular complexity index is 1040. The molecule has 7 nitrogen and oxygen atoms in total. The summed E-state index contributed by atoms with van der Waals surface area (Å²) in [6.07, 6.45) is 4.28. The summed E-state index contributed by atoms with van der Waals surface area (Å²) in [6, 6.07) is 11.7. The summed E-state index contributed by atoms with van der Waals surface area (Å²) < 4.78 is 29.0. The maximum absolute atomic E-state index is 11.8. The van der Waals surface area contributed by atoms with Gasteiger partial charge < -0.3 is 15.1 Å². The number of carbonyl (C=O) groups excluding carboxylic acids is 1. The van der Waals surface area contributed by atoms with Gasteiger partial charge in [-0.25, -0.2) is 13.4 Å². The van der Waals surface area contributed by atoms with Crippen LogP contribution in [0.4, 0.5) is 17.2 Å². The first-order chi connectivity index (χ1) is 12.3. The molecule has 8 heteroatoms. The van der Waals surface area contributed by atoms with Crippen molar-refractivity contribution in [3.8, 4) is 11.3 Å². The summed E-state index contributed by atoms with van der Waals surface area (Å²) in [5.41, 5.74) is 1.87. The van der Waals surface area contributed by atoms with E-state index in [0.717, 1.165) is 6.26 Å². The lowest BCUT2D eigenvalue weighted by Gasteiger charge is -2.13. The van der Waals surface area contributed by atoms with Crippen molar-refractivity contribution in [3.05, 3.63) is 54.9 Å². The average Bonchev–Trinajstić information content (AvgIpc) is 3.08. The zero-order valence-corrected chi connectivity index (χ0v) is 15.0. The topological polar surface area (TPSA) is 101 Å². The fraction of sp³-hybridized carbons (Fsp3) is 0.111. The Hall–Kier alpha value is -3.13. The van der Waals surface area contributed by atoms with Gasteiger partial charge in [-0.2, -0.15) is 0 Å². The van der Waals surface area contributed by atoms with Crippen LogP contribution >= 0.6 is 0 Å². The van der Waals surface area contributed by atoms with Crippen molar-refractivity contribution < 1.29 is 17.6 Å². The zero-order chi connectivity index (χ0) is 18.7. The number of pyridine rings is 1. The van der Waals surface area contributed by atoms with Crippen molar-refractivity contribution in [2.75, 3.05) is 16.9 Å². The third-order valence-corrected chi connectivity index (χ3v) is 4.65. The first-order valence-corrected chi connectivity index (χ1v) is 9.61. The van der Waals surface area contributed by atoms with E-state index < -0.39 is 9.84 Å². The first kappa shape index (κ1) is 17.7. The van der Waals surface area contributed by atoms with Crippen LogP contribution in [0, 0.1) is 0 Å². The molecule has 2 N–H and O–H groups in total. The number of amides is 1. The first-order valence-electron chi connectivity index (χ1n) is 7.71. The number of benzene rings is 1. The maximum atomic E-state index is 11.8. The summed E-state index contributed by atoms with van der Waals surface area (Å²) >= 11 is 0. The van der Waals surface area contributed by atoms with Gasteiger partial charge in [-0.1, -0.05) is 6.07 Å². The molecule has 0 fully saturated rings. The van der Waals surface area contributed by atoms with Crippen molar-refractivity contribution >= 4 is 32.9 Å². The van der Waals surface area contributed by atoms with E-state index in [2.05, 4.69) is 15.6 Å². The van der Waals surface area contributed by atoms with Crippen LogP contribution < -0.4 is 10.6 Å². The second-order valence-electron chi connectivity index (χ2n) is 5.70. The highest BCUT2D eigenvalue weighted by Gasteiger charge is 2.13. The van der Waals surface area contributed by atoms with Gasteiger partial charge in [0.2, 0.25) is 5.91 Å². The fourth-order valence-corrected chi connectivity index (χ4v) is 3.06. The fourth-order valence-electron chi connectivity index (χ4n) is 2.40. The van der Waals surface area contributed by atoms with Gasteiger partial charge in [-0.15, -0.1) is 0 Å². The second-order valence-corrected chi connectivity index (χ2v) is 7.71. The Balaban J connectivity index is 2.03. The molecule has 0 spiro atoms. The van der Waals surface area contributed by atoms with E-state index in [4.69, 9.17) is 4.42 Å². The quantitative estimate of drug-likeness (QED) is 0.712. The van der Waals surface area contributed by atoms with Crippen molar-refractivity contribution in [3.63, 3.8) is 0 Å². The van der Waals surface area contributed by atoms with Crippen molar-refractivity contribution in [2.45, 2.75) is 11.8 Å². The normalized spacial score (nSPS) is 11.2. The van der Waals surface area contributed by atoms with Crippen LogP contribution in [-0.2, 0) is 14.6 Å². The predicted octanol–water partition coefficient (Wildman–Crippen LogP) is 3.45. The van der Waals surface area contributed by atoms with Crippen LogP contribution in [0.2, 0.25) is 0 Å². The minimum atomic E-state index is -3.32. The van der Waals surface area contributed by atoms with Crippen LogP contribution in [0.1, 0.15) is 6.92 Å². The molecule has 3 rings (SSSR count).